The highest BCUT2D eigenvalue weighted by Gasteiger charge is 2.16. The fourth-order valence-electron chi connectivity index (χ4n) is 2.48. The van der Waals surface area contributed by atoms with Gasteiger partial charge in [0.25, 0.3) is 5.89 Å². The first-order valence-corrected chi connectivity index (χ1v) is 10.1. The van der Waals surface area contributed by atoms with Gasteiger partial charge in [0.2, 0.25) is 11.8 Å². The molecule has 0 radical (unpaired) electrons. The minimum Gasteiger partial charge on any atom is -0.452 e. The van der Waals surface area contributed by atoms with Crippen LogP contribution in [0.2, 0.25) is 0 Å². The highest BCUT2D eigenvalue weighted by molar-refractivity contribution is 8.00. The second-order valence-electron chi connectivity index (χ2n) is 6.45. The van der Waals surface area contributed by atoms with E-state index in [9.17, 15) is 9.59 Å². The Bertz CT molecular complexity index is 973. The lowest BCUT2D eigenvalue weighted by Gasteiger charge is -2.10. The molecular weight excluding hydrogens is 390 g/mol. The summed E-state index contributed by atoms with van der Waals surface area (Å²) in [5.74, 6) is 0.179. The molecule has 1 aromatic heterocycles. The Morgan fingerprint density at radius 1 is 1.07 bits per heavy atom. The van der Waals surface area contributed by atoms with Crippen molar-refractivity contribution < 1.29 is 18.7 Å². The fourth-order valence-corrected chi connectivity index (χ4v) is 3.33. The minimum atomic E-state index is -0.517. The predicted octanol–water partition coefficient (Wildman–Crippen LogP) is 3.71. The average molecular weight is 411 g/mol. The van der Waals surface area contributed by atoms with Crippen LogP contribution < -0.4 is 5.32 Å². The van der Waals surface area contributed by atoms with Crippen molar-refractivity contribution in [2.24, 2.45) is 0 Å². The van der Waals surface area contributed by atoms with Crippen LogP contribution in [0.4, 0.5) is 0 Å². The van der Waals surface area contributed by atoms with E-state index in [4.69, 9.17) is 9.15 Å². The lowest BCUT2D eigenvalue weighted by molar-refractivity contribution is -0.119. The van der Waals surface area contributed by atoms with Crippen molar-refractivity contribution in [2.45, 2.75) is 31.4 Å². The fraction of sp³-hybridized carbons (Fsp3) is 0.238. The third kappa shape index (κ3) is 5.92. The number of carbonyl (C=O) groups is 2. The van der Waals surface area contributed by atoms with E-state index in [2.05, 4.69) is 15.5 Å². The second-order valence-corrected chi connectivity index (χ2v) is 7.47. The zero-order chi connectivity index (χ0) is 20.6. The van der Waals surface area contributed by atoms with Crippen LogP contribution in [0.3, 0.4) is 0 Å². The van der Waals surface area contributed by atoms with Crippen LogP contribution in [0.1, 0.15) is 30.1 Å². The number of thioether (sulfide) groups is 1. The van der Waals surface area contributed by atoms with Crippen molar-refractivity contribution in [3.05, 3.63) is 66.1 Å². The van der Waals surface area contributed by atoms with Crippen LogP contribution in [0, 0.1) is 0 Å². The van der Waals surface area contributed by atoms with Gasteiger partial charge in [-0.15, -0.1) is 22.0 Å². The molecule has 0 saturated carbocycles. The van der Waals surface area contributed by atoms with Crippen LogP contribution in [-0.2, 0) is 16.1 Å². The molecule has 0 bridgehead atoms. The SMILES string of the molecule is CC(C)NC(=O)CSc1ccccc1C(=O)OCc1nnc(-c2ccccc2)o1. The summed E-state index contributed by atoms with van der Waals surface area (Å²) in [6.45, 7) is 3.66. The van der Waals surface area contributed by atoms with Gasteiger partial charge in [-0.25, -0.2) is 4.79 Å². The summed E-state index contributed by atoms with van der Waals surface area (Å²) in [5, 5.41) is 10.7. The summed E-state index contributed by atoms with van der Waals surface area (Å²) < 4.78 is 10.9. The largest absolute Gasteiger partial charge is 0.452 e. The molecule has 7 nitrogen and oxygen atoms in total. The zero-order valence-corrected chi connectivity index (χ0v) is 16.9. The van der Waals surface area contributed by atoms with Crippen molar-refractivity contribution in [3.8, 4) is 11.5 Å². The van der Waals surface area contributed by atoms with E-state index in [1.807, 2.05) is 50.2 Å². The molecular formula is C21H21N3O4S. The predicted molar refractivity (Wildman–Crippen MR) is 109 cm³/mol. The van der Waals surface area contributed by atoms with Crippen LogP contribution in [0.25, 0.3) is 11.5 Å². The monoisotopic (exact) mass is 411 g/mol. The number of nitrogens with one attached hydrogen (secondary N) is 1. The molecule has 3 aromatic rings. The molecule has 0 fully saturated rings. The lowest BCUT2D eigenvalue weighted by Crippen LogP contribution is -2.31. The molecule has 0 aliphatic heterocycles. The Morgan fingerprint density at radius 2 is 1.79 bits per heavy atom. The number of esters is 1. The number of ether oxygens (including phenoxy) is 1. The van der Waals surface area contributed by atoms with Crippen LogP contribution >= 0.6 is 11.8 Å². The zero-order valence-electron chi connectivity index (χ0n) is 16.1. The van der Waals surface area contributed by atoms with E-state index in [0.717, 1.165) is 5.56 Å². The highest BCUT2D eigenvalue weighted by atomic mass is 32.2. The van der Waals surface area contributed by atoms with Crippen molar-refractivity contribution in [3.63, 3.8) is 0 Å². The normalized spacial score (nSPS) is 10.7. The molecule has 1 amide bonds. The van der Waals surface area contributed by atoms with Gasteiger partial charge in [0.1, 0.15) is 0 Å². The van der Waals surface area contributed by atoms with Crippen LogP contribution in [0.15, 0.2) is 63.9 Å². The van der Waals surface area contributed by atoms with Gasteiger partial charge in [-0.1, -0.05) is 30.3 Å². The van der Waals surface area contributed by atoms with Gasteiger partial charge in [-0.2, -0.15) is 0 Å². The van der Waals surface area contributed by atoms with E-state index in [1.54, 1.807) is 18.2 Å². The Labute approximate surface area is 172 Å². The van der Waals surface area contributed by atoms with Gasteiger partial charge in [0, 0.05) is 16.5 Å². The molecule has 3 rings (SSSR count). The quantitative estimate of drug-likeness (QED) is 0.446. The third-order valence-electron chi connectivity index (χ3n) is 3.73. The number of nitrogens with zero attached hydrogens (tertiary/aromatic N) is 2. The van der Waals surface area contributed by atoms with E-state index >= 15 is 0 Å². The maximum absolute atomic E-state index is 12.5. The number of hydrogen-bond acceptors (Lipinski definition) is 7. The van der Waals surface area contributed by atoms with Gasteiger partial charge < -0.3 is 14.5 Å². The molecule has 0 saturated heterocycles. The number of rotatable bonds is 8. The van der Waals surface area contributed by atoms with Crippen LogP contribution in [-0.4, -0.2) is 33.9 Å². The number of aromatic nitrogens is 2. The summed E-state index contributed by atoms with van der Waals surface area (Å²) >= 11 is 1.28. The summed E-state index contributed by atoms with van der Waals surface area (Å²) in [6.07, 6.45) is 0. The summed E-state index contributed by atoms with van der Waals surface area (Å²) in [6, 6.07) is 16.4. The summed E-state index contributed by atoms with van der Waals surface area (Å²) in [5.41, 5.74) is 1.18. The van der Waals surface area contributed by atoms with E-state index in [1.165, 1.54) is 11.8 Å². The van der Waals surface area contributed by atoms with Gasteiger partial charge in [-0.05, 0) is 38.1 Å². The summed E-state index contributed by atoms with van der Waals surface area (Å²) in [4.78, 5) is 25.0. The van der Waals surface area contributed by atoms with Crippen molar-refractivity contribution in [1.29, 1.82) is 0 Å². The summed E-state index contributed by atoms with van der Waals surface area (Å²) in [7, 11) is 0. The smallest absolute Gasteiger partial charge is 0.339 e. The van der Waals surface area contributed by atoms with Crippen molar-refractivity contribution in [2.75, 3.05) is 5.75 Å². The van der Waals surface area contributed by atoms with Crippen molar-refractivity contribution >= 4 is 23.6 Å². The molecule has 0 spiro atoms. The molecule has 8 heteroatoms. The Morgan fingerprint density at radius 3 is 2.55 bits per heavy atom. The van der Waals surface area contributed by atoms with E-state index in [0.29, 0.717) is 16.3 Å². The molecule has 0 unspecified atom stereocenters. The lowest BCUT2D eigenvalue weighted by atomic mass is 10.2. The molecule has 2 aromatic carbocycles. The molecule has 0 aliphatic carbocycles. The van der Waals surface area contributed by atoms with Gasteiger partial charge in [0.05, 0.1) is 11.3 Å². The Kier molecular flexibility index (Phi) is 7.02. The molecule has 29 heavy (non-hydrogen) atoms. The van der Waals surface area contributed by atoms with Crippen LogP contribution in [0.5, 0.6) is 0 Å². The first kappa shape index (κ1) is 20.6. The van der Waals surface area contributed by atoms with Gasteiger partial charge >= 0.3 is 5.97 Å². The molecule has 0 aliphatic rings. The minimum absolute atomic E-state index is 0.0680. The number of benzene rings is 2. The molecule has 0 atom stereocenters. The first-order chi connectivity index (χ1) is 14.0. The first-order valence-electron chi connectivity index (χ1n) is 9.09. The maximum atomic E-state index is 12.5. The Balaban J connectivity index is 1.60. The van der Waals surface area contributed by atoms with Gasteiger partial charge in [-0.3, -0.25) is 4.79 Å². The van der Waals surface area contributed by atoms with Crippen molar-refractivity contribution in [1.82, 2.24) is 15.5 Å². The topological polar surface area (TPSA) is 94.3 Å². The van der Waals surface area contributed by atoms with E-state index in [-0.39, 0.29) is 30.2 Å². The number of carbonyl (C=O) groups excluding carboxylic acids is 2. The Hall–Kier alpha value is -3.13. The third-order valence-corrected chi connectivity index (χ3v) is 4.80. The molecule has 1 N–H and O–H groups in total. The van der Waals surface area contributed by atoms with Gasteiger partial charge in [0.15, 0.2) is 6.61 Å². The molecule has 1 heterocycles. The number of hydrogen-bond donors (Lipinski definition) is 1. The standard InChI is InChI=1S/C21H21N3O4S/c1-14(2)22-18(25)13-29-17-11-7-6-10-16(17)21(26)27-12-19-23-24-20(28-19)15-8-4-3-5-9-15/h3-11,14H,12-13H2,1-2H3,(H,22,25). The average Bonchev–Trinajstić information content (AvgIpc) is 3.20. The second kappa shape index (κ2) is 9.88. The number of amides is 1. The molecule has 150 valence electrons. The maximum Gasteiger partial charge on any atom is 0.339 e. The van der Waals surface area contributed by atoms with E-state index < -0.39 is 5.97 Å². The highest BCUT2D eigenvalue weighted by Crippen LogP contribution is 2.24.